The van der Waals surface area contributed by atoms with E-state index in [1.807, 2.05) is 0 Å². The largest absolute Gasteiger partial charge is 0.359 e. The molecule has 1 spiro atoms. The molecule has 3 aliphatic heterocycles. The summed E-state index contributed by atoms with van der Waals surface area (Å²) in [6.45, 7) is 1.26. The smallest absolute Gasteiger partial charge is 0.277 e. The van der Waals surface area contributed by atoms with Gasteiger partial charge in [0.25, 0.3) is 5.92 Å². The van der Waals surface area contributed by atoms with Gasteiger partial charge in [0.05, 0.1) is 13.2 Å². The van der Waals surface area contributed by atoms with Crippen molar-refractivity contribution in [1.29, 1.82) is 0 Å². The third-order valence-electron chi connectivity index (χ3n) is 7.00. The lowest BCUT2D eigenvalue weighted by atomic mass is 9.77. The maximum Gasteiger partial charge on any atom is 0.277 e. The quantitative estimate of drug-likeness (QED) is 0.745. The van der Waals surface area contributed by atoms with Gasteiger partial charge in [-0.1, -0.05) is 12.1 Å². The van der Waals surface area contributed by atoms with Crippen molar-refractivity contribution in [2.45, 2.75) is 68.6 Å². The van der Waals surface area contributed by atoms with Crippen molar-refractivity contribution >= 4 is 17.5 Å². The van der Waals surface area contributed by atoms with Crippen molar-refractivity contribution in [3.63, 3.8) is 0 Å². The second kappa shape index (κ2) is 7.27. The van der Waals surface area contributed by atoms with Crippen molar-refractivity contribution in [2.75, 3.05) is 24.7 Å². The number of piperidine rings is 1. The van der Waals surface area contributed by atoms with E-state index in [9.17, 15) is 9.59 Å². The number of hydrogen-bond donors (Lipinski definition) is 1. The van der Waals surface area contributed by atoms with Gasteiger partial charge in [0.2, 0.25) is 11.8 Å². The van der Waals surface area contributed by atoms with Crippen LogP contribution in [-0.2, 0) is 25.0 Å². The van der Waals surface area contributed by atoms with Gasteiger partial charge >= 0.3 is 0 Å². The molecule has 3 fully saturated rings. The Morgan fingerprint density at radius 3 is 2.47 bits per heavy atom. The predicted molar refractivity (Wildman–Crippen MR) is 104 cm³/mol. The van der Waals surface area contributed by atoms with Gasteiger partial charge in [-0.25, -0.2) is 8.78 Å². The number of halogens is 2. The van der Waals surface area contributed by atoms with Crippen LogP contribution in [0.5, 0.6) is 0 Å². The summed E-state index contributed by atoms with van der Waals surface area (Å²) in [6, 6.07) is 4.70. The third-order valence-corrected chi connectivity index (χ3v) is 7.00. The van der Waals surface area contributed by atoms with E-state index in [0.29, 0.717) is 43.7 Å². The molecule has 1 saturated carbocycles. The van der Waals surface area contributed by atoms with Gasteiger partial charge in [-0.05, 0) is 36.8 Å². The highest BCUT2D eigenvalue weighted by Gasteiger charge is 2.47. The molecule has 3 heterocycles. The Hall–Kier alpha value is -2.06. The third kappa shape index (κ3) is 3.30. The molecule has 1 aliphatic carbocycles. The van der Waals surface area contributed by atoms with Crippen LogP contribution in [-0.4, -0.2) is 43.4 Å². The zero-order chi connectivity index (χ0) is 20.9. The summed E-state index contributed by atoms with van der Waals surface area (Å²) in [4.78, 5) is 25.7. The average Bonchev–Trinajstić information content (AvgIpc) is 3.17. The number of alkyl halides is 2. The SMILES string of the molecule is O=C1CC[C@@H](N2CCC(F)(F)c3c(C4CCC5(CC4)OCCO5)cccc32)C(=O)N1. The van der Waals surface area contributed by atoms with Gasteiger partial charge in [0.15, 0.2) is 5.79 Å². The molecule has 8 heteroatoms. The van der Waals surface area contributed by atoms with Crippen LogP contribution in [0.25, 0.3) is 0 Å². The molecule has 6 nitrogen and oxygen atoms in total. The standard InChI is InChI=1S/C22H26F2N2O4/c23-22(24)10-11-26(17-4-5-18(27)25-20(17)28)16-3-1-2-15(19(16)22)14-6-8-21(9-7-14)29-12-13-30-21/h1-3,14,17H,4-13H2,(H,25,27,28)/t17-/m1/s1. The van der Waals surface area contributed by atoms with E-state index in [1.54, 1.807) is 23.1 Å². The van der Waals surface area contributed by atoms with Crippen molar-refractivity contribution < 1.29 is 27.8 Å². The fourth-order valence-electron chi connectivity index (χ4n) is 5.50. The number of carbonyl (C=O) groups excluding carboxylic acids is 2. The first-order valence-corrected chi connectivity index (χ1v) is 10.8. The first kappa shape index (κ1) is 19.9. The van der Waals surface area contributed by atoms with E-state index < -0.39 is 23.7 Å². The van der Waals surface area contributed by atoms with Crippen LogP contribution < -0.4 is 10.2 Å². The Balaban J connectivity index is 1.46. The number of rotatable bonds is 2. The van der Waals surface area contributed by atoms with Crippen molar-refractivity contribution in [1.82, 2.24) is 5.32 Å². The van der Waals surface area contributed by atoms with E-state index in [4.69, 9.17) is 9.47 Å². The predicted octanol–water partition coefficient (Wildman–Crippen LogP) is 3.19. The summed E-state index contributed by atoms with van der Waals surface area (Å²) < 4.78 is 41.9. The molecule has 2 amide bonds. The van der Waals surface area contributed by atoms with Crippen LogP contribution in [0, 0.1) is 0 Å². The summed E-state index contributed by atoms with van der Waals surface area (Å²) in [5, 5.41) is 2.35. The van der Waals surface area contributed by atoms with E-state index in [2.05, 4.69) is 5.32 Å². The van der Waals surface area contributed by atoms with Crippen LogP contribution in [0.2, 0.25) is 0 Å². The lowest BCUT2D eigenvalue weighted by Gasteiger charge is -2.43. The molecule has 0 bridgehead atoms. The average molecular weight is 420 g/mol. The zero-order valence-corrected chi connectivity index (χ0v) is 16.8. The number of nitrogens with one attached hydrogen (secondary N) is 1. The molecule has 1 aromatic carbocycles. The Bertz CT molecular complexity index is 859. The lowest BCUT2D eigenvalue weighted by Crippen LogP contribution is -2.55. The van der Waals surface area contributed by atoms with Crippen molar-refractivity contribution in [2.24, 2.45) is 0 Å². The fraction of sp³-hybridized carbons (Fsp3) is 0.636. The Labute approximate surface area is 173 Å². The van der Waals surface area contributed by atoms with Gasteiger partial charge < -0.3 is 14.4 Å². The van der Waals surface area contributed by atoms with Gasteiger partial charge in [-0.3, -0.25) is 14.9 Å². The highest BCUT2D eigenvalue weighted by Crippen LogP contribution is 2.50. The van der Waals surface area contributed by atoms with Crippen molar-refractivity contribution in [3.05, 3.63) is 29.3 Å². The minimum Gasteiger partial charge on any atom is -0.359 e. The molecule has 4 aliphatic rings. The highest BCUT2D eigenvalue weighted by atomic mass is 19.3. The number of nitrogens with zero attached hydrogens (tertiary/aromatic N) is 1. The Morgan fingerprint density at radius 1 is 1.03 bits per heavy atom. The monoisotopic (exact) mass is 420 g/mol. The summed E-state index contributed by atoms with van der Waals surface area (Å²) in [6.07, 6.45) is 3.09. The molecule has 0 radical (unpaired) electrons. The number of imide groups is 1. The van der Waals surface area contributed by atoms with E-state index in [-0.39, 0.29) is 36.8 Å². The number of benzene rings is 1. The minimum atomic E-state index is -2.95. The van der Waals surface area contributed by atoms with E-state index in [0.717, 1.165) is 12.8 Å². The van der Waals surface area contributed by atoms with Crippen LogP contribution in [0.1, 0.15) is 62.0 Å². The molecular formula is C22H26F2N2O4. The van der Waals surface area contributed by atoms with Gasteiger partial charge in [-0.15, -0.1) is 0 Å². The first-order valence-electron chi connectivity index (χ1n) is 10.8. The van der Waals surface area contributed by atoms with Crippen LogP contribution in [0.15, 0.2) is 18.2 Å². The van der Waals surface area contributed by atoms with Gasteiger partial charge in [0.1, 0.15) is 6.04 Å². The highest BCUT2D eigenvalue weighted by molar-refractivity contribution is 6.01. The number of anilines is 1. The lowest BCUT2D eigenvalue weighted by molar-refractivity contribution is -0.178. The summed E-state index contributed by atoms with van der Waals surface area (Å²) >= 11 is 0. The number of carbonyl (C=O) groups is 2. The van der Waals surface area contributed by atoms with Crippen molar-refractivity contribution in [3.8, 4) is 0 Å². The van der Waals surface area contributed by atoms with E-state index in [1.165, 1.54) is 0 Å². The summed E-state index contributed by atoms with van der Waals surface area (Å²) in [5.41, 5.74) is 1.14. The molecule has 5 rings (SSSR count). The second-order valence-corrected chi connectivity index (χ2v) is 8.74. The number of amides is 2. The molecule has 0 aromatic heterocycles. The second-order valence-electron chi connectivity index (χ2n) is 8.74. The van der Waals surface area contributed by atoms with Gasteiger partial charge in [-0.2, -0.15) is 0 Å². The normalized spacial score (nSPS) is 28.5. The minimum absolute atomic E-state index is 0.00552. The number of fused-ring (bicyclic) bond motifs is 1. The molecule has 2 saturated heterocycles. The molecule has 1 atom stereocenters. The summed E-state index contributed by atoms with van der Waals surface area (Å²) in [7, 11) is 0. The van der Waals surface area contributed by atoms with Crippen LogP contribution >= 0.6 is 0 Å². The first-order chi connectivity index (χ1) is 14.4. The van der Waals surface area contributed by atoms with E-state index >= 15 is 8.78 Å². The molecule has 30 heavy (non-hydrogen) atoms. The molecular weight excluding hydrogens is 394 g/mol. The topological polar surface area (TPSA) is 67.9 Å². The maximum absolute atomic E-state index is 15.2. The van der Waals surface area contributed by atoms with Crippen LogP contribution in [0.4, 0.5) is 14.5 Å². The van der Waals surface area contributed by atoms with Crippen LogP contribution in [0.3, 0.4) is 0 Å². The molecule has 1 aromatic rings. The maximum atomic E-state index is 15.2. The fourth-order valence-corrected chi connectivity index (χ4v) is 5.50. The molecule has 1 N–H and O–H groups in total. The Morgan fingerprint density at radius 2 is 1.77 bits per heavy atom. The Kier molecular flexibility index (Phi) is 4.82. The summed E-state index contributed by atoms with van der Waals surface area (Å²) in [5.74, 6) is -4.18. The molecule has 0 unspecified atom stereocenters. The number of ether oxygens (including phenoxy) is 2. The molecule has 162 valence electrons. The zero-order valence-electron chi connectivity index (χ0n) is 16.8. The number of hydrogen-bond acceptors (Lipinski definition) is 5. The van der Waals surface area contributed by atoms with Gasteiger partial charge in [0, 0.05) is 43.5 Å².